The predicted molar refractivity (Wildman–Crippen MR) is 115 cm³/mol. The van der Waals surface area contributed by atoms with Crippen molar-refractivity contribution in [3.63, 3.8) is 0 Å². The van der Waals surface area contributed by atoms with Crippen molar-refractivity contribution in [3.8, 4) is 0 Å². The van der Waals surface area contributed by atoms with Gasteiger partial charge in [-0.25, -0.2) is 10.2 Å². The lowest BCUT2D eigenvalue weighted by Gasteiger charge is -2.18. The van der Waals surface area contributed by atoms with Gasteiger partial charge in [0.05, 0.1) is 22.1 Å². The Labute approximate surface area is 166 Å². The van der Waals surface area contributed by atoms with E-state index in [2.05, 4.69) is 22.5 Å². The lowest BCUT2D eigenvalue weighted by atomic mass is 10.1. The van der Waals surface area contributed by atoms with Crippen molar-refractivity contribution in [2.75, 3.05) is 25.0 Å². The molecule has 1 heterocycles. The van der Waals surface area contributed by atoms with Gasteiger partial charge in [0.25, 0.3) is 0 Å². The summed E-state index contributed by atoms with van der Waals surface area (Å²) in [5.74, 6) is 0. The van der Waals surface area contributed by atoms with Gasteiger partial charge in [0.2, 0.25) is 0 Å². The molecule has 150 valence electrons. The van der Waals surface area contributed by atoms with Gasteiger partial charge in [-0.3, -0.25) is 0 Å². The van der Waals surface area contributed by atoms with Gasteiger partial charge < -0.3 is 15.8 Å². The van der Waals surface area contributed by atoms with E-state index in [0.29, 0.717) is 10.9 Å². The number of pyridine rings is 1. The SMILES string of the molecule is CCCCCCNCCCNc1c2ccccc2nc2cccc([NH+]([O-])O)c12. The fourth-order valence-corrected chi connectivity index (χ4v) is 3.53. The predicted octanol–water partition coefficient (Wildman–Crippen LogP) is 3.76. The third kappa shape index (κ3) is 4.97. The molecule has 0 amide bonds. The second kappa shape index (κ2) is 10.3. The zero-order valence-electron chi connectivity index (χ0n) is 16.5. The Balaban J connectivity index is 1.73. The van der Waals surface area contributed by atoms with Crippen LogP contribution in [-0.2, 0) is 0 Å². The van der Waals surface area contributed by atoms with E-state index < -0.39 is 5.23 Å². The molecule has 3 aromatic rings. The Morgan fingerprint density at radius 3 is 2.54 bits per heavy atom. The Morgan fingerprint density at radius 2 is 1.71 bits per heavy atom. The number of benzene rings is 2. The first-order chi connectivity index (χ1) is 13.7. The highest BCUT2D eigenvalue weighted by molar-refractivity contribution is 6.11. The van der Waals surface area contributed by atoms with Crippen LogP contribution in [0.1, 0.15) is 39.0 Å². The Kier molecular flexibility index (Phi) is 7.56. The van der Waals surface area contributed by atoms with Gasteiger partial charge in [-0.1, -0.05) is 50.5 Å². The van der Waals surface area contributed by atoms with Crippen LogP contribution in [0.4, 0.5) is 11.4 Å². The third-order valence-corrected chi connectivity index (χ3v) is 4.98. The normalized spacial score (nSPS) is 12.5. The summed E-state index contributed by atoms with van der Waals surface area (Å²) >= 11 is 0. The van der Waals surface area contributed by atoms with Crippen molar-refractivity contribution in [1.29, 1.82) is 0 Å². The summed E-state index contributed by atoms with van der Waals surface area (Å²) in [5, 5.41) is 29.1. The van der Waals surface area contributed by atoms with E-state index in [0.717, 1.165) is 42.6 Å². The van der Waals surface area contributed by atoms with Crippen molar-refractivity contribution < 1.29 is 10.4 Å². The second-order valence-electron chi connectivity index (χ2n) is 7.10. The van der Waals surface area contributed by atoms with Crippen molar-refractivity contribution >= 4 is 33.2 Å². The van der Waals surface area contributed by atoms with Crippen molar-refractivity contribution in [3.05, 3.63) is 47.7 Å². The van der Waals surface area contributed by atoms with Gasteiger partial charge in [-0.05, 0) is 38.1 Å². The summed E-state index contributed by atoms with van der Waals surface area (Å²) in [6.07, 6.45) is 6.05. The van der Waals surface area contributed by atoms with Crippen LogP contribution in [0.3, 0.4) is 0 Å². The first-order valence-corrected chi connectivity index (χ1v) is 10.2. The van der Waals surface area contributed by atoms with E-state index in [9.17, 15) is 10.4 Å². The summed E-state index contributed by atoms with van der Waals surface area (Å²) in [5.41, 5.74) is 2.72. The number of rotatable bonds is 11. The lowest BCUT2D eigenvalue weighted by Crippen LogP contribution is -2.99. The molecule has 4 N–H and O–H groups in total. The second-order valence-corrected chi connectivity index (χ2v) is 7.10. The highest BCUT2D eigenvalue weighted by Crippen LogP contribution is 2.34. The molecule has 0 aliphatic rings. The van der Waals surface area contributed by atoms with Gasteiger partial charge in [0.1, 0.15) is 0 Å². The summed E-state index contributed by atoms with van der Waals surface area (Å²) in [6, 6.07) is 13.1. The molecule has 0 aliphatic carbocycles. The minimum absolute atomic E-state index is 0.285. The number of hydrogen-bond donors (Lipinski definition) is 4. The molecule has 0 spiro atoms. The molecule has 0 radical (unpaired) electrons. The van der Waals surface area contributed by atoms with Crippen molar-refractivity contribution in [2.24, 2.45) is 0 Å². The summed E-state index contributed by atoms with van der Waals surface area (Å²) in [6.45, 7) is 5.01. The molecule has 6 nitrogen and oxygen atoms in total. The van der Waals surface area contributed by atoms with Crippen molar-refractivity contribution in [2.45, 2.75) is 39.0 Å². The fraction of sp³-hybridized carbons (Fsp3) is 0.409. The molecule has 0 saturated heterocycles. The number of anilines is 1. The van der Waals surface area contributed by atoms with Crippen molar-refractivity contribution in [1.82, 2.24) is 10.3 Å². The maximum atomic E-state index is 11.8. The number of fused-ring (bicyclic) bond motifs is 2. The Morgan fingerprint density at radius 1 is 0.929 bits per heavy atom. The van der Waals surface area contributed by atoms with Crippen LogP contribution < -0.4 is 15.9 Å². The number of para-hydroxylation sites is 1. The summed E-state index contributed by atoms with van der Waals surface area (Å²) < 4.78 is 0. The van der Waals surface area contributed by atoms with Gasteiger partial charge in [-0.2, -0.15) is 5.23 Å². The standard InChI is InChI=1S/C22H30N4O2/c1-2-3-4-7-14-23-15-9-16-24-22-17-10-5-6-11-18(17)25-19-12-8-13-20(21(19)22)26(27)28/h5-6,8,10-13,23,26-27H,2-4,7,9,14-16H2,1H3,(H,24,25). The minimum Gasteiger partial charge on any atom is -0.595 e. The summed E-state index contributed by atoms with van der Waals surface area (Å²) in [4.78, 5) is 4.66. The lowest BCUT2D eigenvalue weighted by molar-refractivity contribution is -0.990. The van der Waals surface area contributed by atoms with Crippen LogP contribution in [0.15, 0.2) is 42.5 Å². The number of nitrogens with one attached hydrogen (secondary N) is 3. The van der Waals surface area contributed by atoms with Crippen LogP contribution in [0.2, 0.25) is 0 Å². The minimum atomic E-state index is -0.931. The molecule has 3 rings (SSSR count). The molecule has 0 saturated carbocycles. The molecule has 1 unspecified atom stereocenters. The quantitative estimate of drug-likeness (QED) is 0.230. The Bertz CT molecular complexity index is 898. The zero-order chi connectivity index (χ0) is 19.8. The molecule has 1 atom stereocenters. The van der Waals surface area contributed by atoms with E-state index in [1.54, 1.807) is 12.1 Å². The van der Waals surface area contributed by atoms with Gasteiger partial charge in [-0.15, -0.1) is 0 Å². The number of quaternary nitrogens is 1. The molecule has 28 heavy (non-hydrogen) atoms. The number of unbranched alkanes of at least 4 members (excludes halogenated alkanes) is 3. The van der Waals surface area contributed by atoms with Crippen LogP contribution in [0, 0.1) is 5.21 Å². The maximum Gasteiger partial charge on any atom is 0.175 e. The molecule has 6 heteroatoms. The maximum absolute atomic E-state index is 11.8. The summed E-state index contributed by atoms with van der Waals surface area (Å²) in [7, 11) is 0. The topological polar surface area (TPSA) is 84.7 Å². The van der Waals surface area contributed by atoms with E-state index in [1.165, 1.54) is 25.7 Å². The average molecular weight is 383 g/mol. The van der Waals surface area contributed by atoms with Crippen LogP contribution in [0.25, 0.3) is 21.8 Å². The monoisotopic (exact) mass is 382 g/mol. The highest BCUT2D eigenvalue weighted by atomic mass is 16.8. The number of hydrogen-bond acceptors (Lipinski definition) is 5. The smallest absolute Gasteiger partial charge is 0.175 e. The van der Waals surface area contributed by atoms with Gasteiger partial charge in [0, 0.05) is 18.0 Å². The van der Waals surface area contributed by atoms with Crippen LogP contribution >= 0.6 is 0 Å². The third-order valence-electron chi connectivity index (χ3n) is 4.98. The number of nitrogens with zero attached hydrogens (tertiary/aromatic N) is 1. The van der Waals surface area contributed by atoms with Gasteiger partial charge in [0.15, 0.2) is 5.69 Å². The number of aromatic nitrogens is 1. The average Bonchev–Trinajstić information content (AvgIpc) is 2.71. The zero-order valence-corrected chi connectivity index (χ0v) is 16.5. The molecule has 0 aliphatic heterocycles. The van der Waals surface area contributed by atoms with Crippen LogP contribution in [0.5, 0.6) is 0 Å². The molecule has 2 aromatic carbocycles. The molecular weight excluding hydrogens is 352 g/mol. The largest absolute Gasteiger partial charge is 0.595 e. The van der Waals surface area contributed by atoms with Gasteiger partial charge >= 0.3 is 0 Å². The molecule has 0 fully saturated rings. The van der Waals surface area contributed by atoms with E-state index in [-0.39, 0.29) is 5.69 Å². The molecule has 1 aromatic heterocycles. The highest BCUT2D eigenvalue weighted by Gasteiger charge is 2.16. The first kappa shape index (κ1) is 20.5. The van der Waals surface area contributed by atoms with E-state index in [1.807, 2.05) is 30.3 Å². The van der Waals surface area contributed by atoms with E-state index in [4.69, 9.17) is 0 Å². The Hall–Kier alpha value is -2.25. The molecular formula is C22H30N4O2. The first-order valence-electron chi connectivity index (χ1n) is 10.2. The van der Waals surface area contributed by atoms with Crippen LogP contribution in [-0.4, -0.2) is 29.8 Å². The van der Waals surface area contributed by atoms with E-state index >= 15 is 0 Å². The fourth-order valence-electron chi connectivity index (χ4n) is 3.53. The molecule has 0 bridgehead atoms.